The van der Waals surface area contributed by atoms with Gasteiger partial charge in [-0.1, -0.05) is 0 Å². The van der Waals surface area contributed by atoms with Crippen LogP contribution in [0.15, 0.2) is 6.07 Å². The molecule has 1 fully saturated rings. The van der Waals surface area contributed by atoms with Gasteiger partial charge < -0.3 is 10.0 Å². The molecule has 1 aliphatic rings. The normalized spacial score (nSPS) is 18.1. The van der Waals surface area contributed by atoms with Crippen molar-refractivity contribution < 1.29 is 14.7 Å². The minimum atomic E-state index is -0.839. The molecule has 0 aliphatic carbocycles. The third-order valence-corrected chi connectivity index (χ3v) is 4.39. The van der Waals surface area contributed by atoms with E-state index in [4.69, 9.17) is 5.11 Å². The molecule has 2 aromatic rings. The number of aromatic nitrogens is 4. The first-order valence-electron chi connectivity index (χ1n) is 8.19. The van der Waals surface area contributed by atoms with Crippen LogP contribution in [0.1, 0.15) is 54.1 Å². The molecule has 1 amide bonds. The van der Waals surface area contributed by atoms with E-state index in [9.17, 15) is 9.59 Å². The van der Waals surface area contributed by atoms with Crippen molar-refractivity contribution in [1.82, 2.24) is 24.5 Å². The van der Waals surface area contributed by atoms with E-state index in [1.807, 2.05) is 19.9 Å². The number of fused-ring (bicyclic) bond motifs is 1. The van der Waals surface area contributed by atoms with Gasteiger partial charge in [0.1, 0.15) is 0 Å². The Balaban J connectivity index is 1.86. The van der Waals surface area contributed by atoms with Crippen molar-refractivity contribution in [2.75, 3.05) is 6.54 Å². The lowest BCUT2D eigenvalue weighted by atomic mass is 9.98. The molecule has 3 rings (SSSR count). The van der Waals surface area contributed by atoms with Gasteiger partial charge >= 0.3 is 5.97 Å². The van der Waals surface area contributed by atoms with E-state index in [0.29, 0.717) is 18.7 Å². The average molecular weight is 331 g/mol. The van der Waals surface area contributed by atoms with Crippen LogP contribution in [0.3, 0.4) is 0 Å². The number of aliphatic carboxylic acids is 1. The molecule has 0 saturated carbocycles. The first-order valence-corrected chi connectivity index (χ1v) is 8.19. The molecule has 1 atom stereocenters. The quantitative estimate of drug-likeness (QED) is 0.913. The Morgan fingerprint density at radius 3 is 2.83 bits per heavy atom. The Labute approximate surface area is 139 Å². The number of carboxylic acid groups (broad SMARTS) is 1. The standard InChI is InChI=1S/C16H21N5O3/c1-10-9-11(2)21-16(17-10)18-14(19-21)15(24)20-8-4-3-5-12(20)6-7-13(22)23/h9,12H,3-8H2,1-2H3,(H,22,23). The predicted molar refractivity (Wildman–Crippen MR) is 85.8 cm³/mol. The number of nitrogens with zero attached hydrogens (tertiary/aromatic N) is 5. The van der Waals surface area contributed by atoms with Gasteiger partial charge in [0.2, 0.25) is 5.82 Å². The molecule has 0 spiro atoms. The summed E-state index contributed by atoms with van der Waals surface area (Å²) in [6.07, 6.45) is 3.27. The minimum absolute atomic E-state index is 0.0624. The Kier molecular flexibility index (Phi) is 4.46. The van der Waals surface area contributed by atoms with Crippen LogP contribution in [0, 0.1) is 13.8 Å². The fourth-order valence-corrected chi connectivity index (χ4v) is 3.24. The maximum Gasteiger partial charge on any atom is 0.303 e. The highest BCUT2D eigenvalue weighted by molar-refractivity contribution is 5.91. The van der Waals surface area contributed by atoms with Crippen LogP contribution < -0.4 is 0 Å². The summed E-state index contributed by atoms with van der Waals surface area (Å²) in [5.41, 5.74) is 1.69. The lowest BCUT2D eigenvalue weighted by molar-refractivity contribution is -0.137. The van der Waals surface area contributed by atoms with Gasteiger partial charge in [0.25, 0.3) is 11.7 Å². The number of carboxylic acids is 1. The van der Waals surface area contributed by atoms with Crippen molar-refractivity contribution in [2.45, 2.75) is 52.0 Å². The Hall–Kier alpha value is -2.51. The maximum absolute atomic E-state index is 12.8. The van der Waals surface area contributed by atoms with Crippen molar-refractivity contribution in [1.29, 1.82) is 0 Å². The largest absolute Gasteiger partial charge is 0.481 e. The van der Waals surface area contributed by atoms with Crippen LogP contribution >= 0.6 is 0 Å². The van der Waals surface area contributed by atoms with Crippen LogP contribution in [0.25, 0.3) is 5.78 Å². The summed E-state index contributed by atoms with van der Waals surface area (Å²) in [5.74, 6) is -0.546. The lowest BCUT2D eigenvalue weighted by Crippen LogP contribution is -2.44. The van der Waals surface area contributed by atoms with Gasteiger partial charge in [0.15, 0.2) is 0 Å². The van der Waals surface area contributed by atoms with Crippen LogP contribution in [0.4, 0.5) is 0 Å². The van der Waals surface area contributed by atoms with E-state index >= 15 is 0 Å². The molecule has 8 nitrogen and oxygen atoms in total. The fourth-order valence-electron chi connectivity index (χ4n) is 3.24. The van der Waals surface area contributed by atoms with E-state index in [-0.39, 0.29) is 24.2 Å². The number of aryl methyl sites for hydroxylation is 2. The monoisotopic (exact) mass is 331 g/mol. The molecule has 1 saturated heterocycles. The van der Waals surface area contributed by atoms with Crippen LogP contribution in [-0.4, -0.2) is 54.1 Å². The van der Waals surface area contributed by atoms with Gasteiger partial charge in [0.05, 0.1) is 0 Å². The molecular formula is C16H21N5O3. The number of rotatable bonds is 4. The van der Waals surface area contributed by atoms with E-state index in [1.54, 1.807) is 9.42 Å². The summed E-state index contributed by atoms with van der Waals surface area (Å²) in [5, 5.41) is 13.2. The summed E-state index contributed by atoms with van der Waals surface area (Å²) in [6.45, 7) is 4.38. The molecule has 0 bridgehead atoms. The molecule has 1 unspecified atom stereocenters. The van der Waals surface area contributed by atoms with Crippen molar-refractivity contribution in [3.05, 3.63) is 23.3 Å². The molecule has 8 heteroatoms. The van der Waals surface area contributed by atoms with Gasteiger partial charge in [0, 0.05) is 30.4 Å². The number of hydrogen-bond donors (Lipinski definition) is 1. The summed E-state index contributed by atoms with van der Waals surface area (Å²) in [6, 6.07) is 1.82. The summed E-state index contributed by atoms with van der Waals surface area (Å²) >= 11 is 0. The van der Waals surface area contributed by atoms with E-state index in [1.165, 1.54) is 0 Å². The van der Waals surface area contributed by atoms with Gasteiger partial charge in [-0.15, -0.1) is 5.10 Å². The van der Waals surface area contributed by atoms with Crippen molar-refractivity contribution in [3.63, 3.8) is 0 Å². The van der Waals surface area contributed by atoms with Gasteiger partial charge in [-0.2, -0.15) is 4.98 Å². The highest BCUT2D eigenvalue weighted by atomic mass is 16.4. The third kappa shape index (κ3) is 3.22. The Bertz CT molecular complexity index is 785. The zero-order valence-corrected chi connectivity index (χ0v) is 13.9. The molecule has 0 radical (unpaired) electrons. The topological polar surface area (TPSA) is 101 Å². The van der Waals surface area contributed by atoms with E-state index < -0.39 is 5.97 Å². The van der Waals surface area contributed by atoms with Crippen molar-refractivity contribution in [3.8, 4) is 0 Å². The molecule has 2 aromatic heterocycles. The number of hydrogen-bond acceptors (Lipinski definition) is 5. The fraction of sp³-hybridized carbons (Fsp3) is 0.562. The highest BCUT2D eigenvalue weighted by Gasteiger charge is 2.30. The average Bonchev–Trinajstić information content (AvgIpc) is 2.96. The molecule has 1 N–H and O–H groups in total. The van der Waals surface area contributed by atoms with Crippen molar-refractivity contribution in [2.24, 2.45) is 0 Å². The number of amides is 1. The van der Waals surface area contributed by atoms with E-state index in [0.717, 1.165) is 30.7 Å². The smallest absolute Gasteiger partial charge is 0.303 e. The molecule has 128 valence electrons. The molecule has 24 heavy (non-hydrogen) atoms. The molecular weight excluding hydrogens is 310 g/mol. The van der Waals surface area contributed by atoms with Gasteiger partial charge in [-0.3, -0.25) is 9.59 Å². The van der Waals surface area contributed by atoms with Crippen LogP contribution in [0.5, 0.6) is 0 Å². The number of carbonyl (C=O) groups is 2. The predicted octanol–water partition coefficient (Wildman–Crippen LogP) is 1.60. The SMILES string of the molecule is Cc1cc(C)n2nc(C(=O)N3CCCCC3CCC(=O)O)nc2n1. The van der Waals surface area contributed by atoms with Crippen LogP contribution in [0.2, 0.25) is 0 Å². The zero-order valence-electron chi connectivity index (χ0n) is 13.9. The van der Waals surface area contributed by atoms with Gasteiger partial charge in [-0.25, -0.2) is 9.50 Å². The first kappa shape index (κ1) is 16.4. The van der Waals surface area contributed by atoms with Gasteiger partial charge in [-0.05, 0) is 45.6 Å². The molecule has 3 heterocycles. The number of carbonyl (C=O) groups excluding carboxylic acids is 1. The molecule has 1 aliphatic heterocycles. The Morgan fingerprint density at radius 1 is 1.29 bits per heavy atom. The summed E-state index contributed by atoms with van der Waals surface area (Å²) in [4.78, 5) is 34.0. The van der Waals surface area contributed by atoms with Crippen molar-refractivity contribution >= 4 is 17.7 Å². The second-order valence-corrected chi connectivity index (χ2v) is 6.27. The zero-order chi connectivity index (χ0) is 17.3. The summed E-state index contributed by atoms with van der Waals surface area (Å²) < 4.78 is 1.57. The van der Waals surface area contributed by atoms with Crippen LogP contribution in [-0.2, 0) is 4.79 Å². The highest BCUT2D eigenvalue weighted by Crippen LogP contribution is 2.22. The lowest BCUT2D eigenvalue weighted by Gasteiger charge is -2.34. The molecule has 0 aromatic carbocycles. The minimum Gasteiger partial charge on any atom is -0.481 e. The Morgan fingerprint density at radius 2 is 2.08 bits per heavy atom. The second kappa shape index (κ2) is 6.54. The maximum atomic E-state index is 12.8. The first-order chi connectivity index (χ1) is 11.5. The third-order valence-electron chi connectivity index (χ3n) is 4.39. The summed E-state index contributed by atoms with van der Waals surface area (Å²) in [7, 11) is 0. The second-order valence-electron chi connectivity index (χ2n) is 6.27. The number of piperidine rings is 1. The number of likely N-dealkylation sites (tertiary alicyclic amines) is 1. The van der Waals surface area contributed by atoms with E-state index in [2.05, 4.69) is 15.1 Å².